The Hall–Kier alpha value is -2.40. The average molecular weight is 336 g/mol. The molecule has 0 aliphatic rings. The molecule has 0 aliphatic heterocycles. The number of ether oxygens (including phenoxy) is 2. The maximum absolute atomic E-state index is 5.79. The van der Waals surface area contributed by atoms with Crippen LogP contribution in [0.5, 0.6) is 11.5 Å². The Bertz CT molecular complexity index is 728. The van der Waals surface area contributed by atoms with Gasteiger partial charge in [-0.2, -0.15) is 0 Å². The maximum atomic E-state index is 5.79. The molecule has 1 atom stereocenters. The Morgan fingerprint density at radius 3 is 1.60 bits per heavy atom. The quantitative estimate of drug-likeness (QED) is 0.640. The summed E-state index contributed by atoms with van der Waals surface area (Å²) >= 11 is 0. The Kier molecular flexibility index (Phi) is 6.15. The van der Waals surface area contributed by atoms with Crippen LogP contribution in [0.2, 0.25) is 0 Å². The summed E-state index contributed by atoms with van der Waals surface area (Å²) in [5.74, 6) is 7.62. The lowest BCUT2D eigenvalue weighted by molar-refractivity contribution is 0.242. The van der Waals surface area contributed by atoms with Crippen molar-refractivity contribution < 1.29 is 9.47 Å². The Balaban J connectivity index is 2.16. The van der Waals surface area contributed by atoms with Gasteiger partial charge in [-0.3, -0.25) is 0 Å². The van der Waals surface area contributed by atoms with Crippen molar-refractivity contribution in [3.8, 4) is 23.3 Å². The molecule has 2 nitrogen and oxygen atoms in total. The van der Waals surface area contributed by atoms with E-state index in [-0.39, 0.29) is 17.6 Å². The fraction of sp³-hybridized carbons (Fsp3) is 0.391. The van der Waals surface area contributed by atoms with E-state index in [1.165, 1.54) is 11.1 Å². The standard InChI is InChI=1S/C23H28O2/c1-7-8-18(4)25-22-15-11-20(12-16-22)23(5,6)19-9-13-21(14-10-19)24-17(2)3/h9-18H,1-6H3. The van der Waals surface area contributed by atoms with Gasteiger partial charge in [0, 0.05) is 5.41 Å². The van der Waals surface area contributed by atoms with Crippen molar-refractivity contribution >= 4 is 0 Å². The molecule has 0 saturated heterocycles. The Labute approximate surface area is 152 Å². The van der Waals surface area contributed by atoms with E-state index in [1.807, 2.05) is 52.0 Å². The van der Waals surface area contributed by atoms with Gasteiger partial charge in [-0.1, -0.05) is 44.0 Å². The second-order valence-electron chi connectivity index (χ2n) is 6.99. The zero-order valence-electron chi connectivity index (χ0n) is 16.1. The molecular formula is C23H28O2. The highest BCUT2D eigenvalue weighted by Gasteiger charge is 2.23. The molecule has 2 aromatic rings. The summed E-state index contributed by atoms with van der Waals surface area (Å²) in [4.78, 5) is 0. The third kappa shape index (κ3) is 5.03. The third-order valence-corrected chi connectivity index (χ3v) is 4.18. The van der Waals surface area contributed by atoms with E-state index in [2.05, 4.69) is 50.0 Å². The van der Waals surface area contributed by atoms with E-state index >= 15 is 0 Å². The van der Waals surface area contributed by atoms with Crippen LogP contribution in [0.4, 0.5) is 0 Å². The van der Waals surface area contributed by atoms with Crippen molar-refractivity contribution in [2.45, 2.75) is 59.2 Å². The van der Waals surface area contributed by atoms with Crippen LogP contribution < -0.4 is 9.47 Å². The lowest BCUT2D eigenvalue weighted by Crippen LogP contribution is -2.19. The lowest BCUT2D eigenvalue weighted by atomic mass is 9.78. The lowest BCUT2D eigenvalue weighted by Gasteiger charge is -2.26. The van der Waals surface area contributed by atoms with Gasteiger partial charge in [0.05, 0.1) is 6.10 Å². The summed E-state index contributed by atoms with van der Waals surface area (Å²) in [5, 5.41) is 0. The zero-order chi connectivity index (χ0) is 18.4. The molecule has 25 heavy (non-hydrogen) atoms. The van der Waals surface area contributed by atoms with Gasteiger partial charge in [0.2, 0.25) is 0 Å². The molecule has 0 bridgehead atoms. The largest absolute Gasteiger partial charge is 0.491 e. The molecule has 0 fully saturated rings. The van der Waals surface area contributed by atoms with Gasteiger partial charge in [0.1, 0.15) is 11.5 Å². The smallest absolute Gasteiger partial charge is 0.156 e. The molecule has 0 amide bonds. The van der Waals surface area contributed by atoms with Crippen LogP contribution in [0.1, 0.15) is 52.7 Å². The number of hydrogen-bond donors (Lipinski definition) is 0. The van der Waals surface area contributed by atoms with E-state index < -0.39 is 0 Å². The first kappa shape index (κ1) is 18.9. The summed E-state index contributed by atoms with van der Waals surface area (Å²) in [7, 11) is 0. The van der Waals surface area contributed by atoms with Crippen LogP contribution in [-0.2, 0) is 5.41 Å². The molecular weight excluding hydrogens is 308 g/mol. The molecule has 0 spiro atoms. The van der Waals surface area contributed by atoms with Gasteiger partial charge in [-0.05, 0) is 63.1 Å². The van der Waals surface area contributed by atoms with Crippen LogP contribution in [0, 0.1) is 11.8 Å². The van der Waals surface area contributed by atoms with Gasteiger partial charge in [-0.15, -0.1) is 5.92 Å². The van der Waals surface area contributed by atoms with Crippen molar-refractivity contribution in [3.63, 3.8) is 0 Å². The fourth-order valence-corrected chi connectivity index (χ4v) is 2.78. The maximum Gasteiger partial charge on any atom is 0.156 e. The number of benzene rings is 2. The summed E-state index contributed by atoms with van der Waals surface area (Å²) in [6, 6.07) is 16.6. The second kappa shape index (κ2) is 8.12. The molecule has 0 N–H and O–H groups in total. The molecule has 2 rings (SSSR count). The van der Waals surface area contributed by atoms with Crippen molar-refractivity contribution in [2.75, 3.05) is 0 Å². The SMILES string of the molecule is CC#CC(C)Oc1ccc(C(C)(C)c2ccc(OC(C)C)cc2)cc1. The number of rotatable bonds is 6. The van der Waals surface area contributed by atoms with Gasteiger partial charge < -0.3 is 9.47 Å². The van der Waals surface area contributed by atoms with E-state index in [4.69, 9.17) is 9.47 Å². The van der Waals surface area contributed by atoms with Crippen LogP contribution in [-0.4, -0.2) is 12.2 Å². The van der Waals surface area contributed by atoms with Crippen LogP contribution >= 0.6 is 0 Å². The minimum atomic E-state index is -0.0997. The normalized spacial score (nSPS) is 12.3. The predicted octanol–water partition coefficient (Wildman–Crippen LogP) is 5.59. The molecule has 0 aromatic heterocycles. The third-order valence-electron chi connectivity index (χ3n) is 4.18. The summed E-state index contributed by atoms with van der Waals surface area (Å²) < 4.78 is 11.5. The minimum absolute atomic E-state index is 0.0935. The molecule has 132 valence electrons. The van der Waals surface area contributed by atoms with Crippen LogP contribution in [0.3, 0.4) is 0 Å². The molecule has 1 unspecified atom stereocenters. The monoisotopic (exact) mass is 336 g/mol. The zero-order valence-corrected chi connectivity index (χ0v) is 16.1. The molecule has 0 radical (unpaired) electrons. The summed E-state index contributed by atoms with van der Waals surface area (Å²) in [6.07, 6.45) is 0.0866. The van der Waals surface area contributed by atoms with Crippen molar-refractivity contribution in [3.05, 3.63) is 59.7 Å². The fourth-order valence-electron chi connectivity index (χ4n) is 2.78. The van der Waals surface area contributed by atoms with Gasteiger partial charge in [0.25, 0.3) is 0 Å². The van der Waals surface area contributed by atoms with Gasteiger partial charge >= 0.3 is 0 Å². The van der Waals surface area contributed by atoms with Crippen molar-refractivity contribution in [1.29, 1.82) is 0 Å². The Morgan fingerprint density at radius 2 is 1.20 bits per heavy atom. The highest BCUT2D eigenvalue weighted by molar-refractivity contribution is 5.42. The number of hydrogen-bond acceptors (Lipinski definition) is 2. The molecule has 0 aliphatic carbocycles. The molecule has 0 heterocycles. The van der Waals surface area contributed by atoms with Crippen molar-refractivity contribution in [1.82, 2.24) is 0 Å². The predicted molar refractivity (Wildman–Crippen MR) is 104 cm³/mol. The molecule has 2 aromatic carbocycles. The van der Waals surface area contributed by atoms with E-state index in [1.54, 1.807) is 0 Å². The van der Waals surface area contributed by atoms with Gasteiger partial charge in [-0.25, -0.2) is 0 Å². The molecule has 2 heteroatoms. The molecule has 0 saturated carbocycles. The van der Waals surface area contributed by atoms with E-state index in [9.17, 15) is 0 Å². The Morgan fingerprint density at radius 1 is 0.760 bits per heavy atom. The average Bonchev–Trinajstić information content (AvgIpc) is 2.55. The highest BCUT2D eigenvalue weighted by atomic mass is 16.5. The van der Waals surface area contributed by atoms with Crippen LogP contribution in [0.25, 0.3) is 0 Å². The second-order valence-corrected chi connectivity index (χ2v) is 6.99. The highest BCUT2D eigenvalue weighted by Crippen LogP contribution is 2.33. The van der Waals surface area contributed by atoms with E-state index in [0.29, 0.717) is 0 Å². The van der Waals surface area contributed by atoms with Crippen LogP contribution in [0.15, 0.2) is 48.5 Å². The first-order valence-corrected chi connectivity index (χ1v) is 8.79. The van der Waals surface area contributed by atoms with E-state index in [0.717, 1.165) is 11.5 Å². The minimum Gasteiger partial charge on any atom is -0.491 e. The first-order valence-electron chi connectivity index (χ1n) is 8.79. The summed E-state index contributed by atoms with van der Waals surface area (Å²) in [6.45, 7) is 12.3. The summed E-state index contributed by atoms with van der Waals surface area (Å²) in [5.41, 5.74) is 2.40. The van der Waals surface area contributed by atoms with Crippen molar-refractivity contribution in [2.24, 2.45) is 0 Å². The van der Waals surface area contributed by atoms with Gasteiger partial charge in [0.15, 0.2) is 6.10 Å². The first-order chi connectivity index (χ1) is 11.8. The topological polar surface area (TPSA) is 18.5 Å².